The van der Waals surface area contributed by atoms with Gasteiger partial charge in [0.1, 0.15) is 24.4 Å². The van der Waals surface area contributed by atoms with Crippen molar-refractivity contribution in [3.8, 4) is 0 Å². The molecule has 15 nitrogen and oxygen atoms in total. The van der Waals surface area contributed by atoms with Crippen molar-refractivity contribution < 1.29 is 39.8 Å². The molecule has 5 atom stereocenters. The minimum absolute atomic E-state index is 0.277. The quantitative estimate of drug-likeness (QED) is 0.0329. The standard InChI is InChI=1S/C33H71N7O8/c41-27-28-30(44)31(45)32(46)33(48-28)47-26-25-38-16-7-2-1-6-12-34-17-21-39-23-19-36-14-9-4-10-15-37-20-24-40-22-18-35-13-8-3-5-11-29(42)43/h28,30-41,44-46H,1-27H2,(H,42,43)/t28-,30-,31+,32+,33+/m1/s1. The molecular formula is C33H71N7O8. The first-order chi connectivity index (χ1) is 23.5. The topological polar surface area (TPSA) is 221 Å². The highest BCUT2D eigenvalue weighted by Gasteiger charge is 2.43. The van der Waals surface area contributed by atoms with E-state index in [1.807, 2.05) is 0 Å². The lowest BCUT2D eigenvalue weighted by Gasteiger charge is -2.39. The Hall–Kier alpha value is -1.05. The molecule has 0 radical (unpaired) electrons. The van der Waals surface area contributed by atoms with Gasteiger partial charge in [0.2, 0.25) is 0 Å². The molecule has 1 aliphatic rings. The lowest BCUT2D eigenvalue weighted by molar-refractivity contribution is -0.300. The number of aliphatic hydroxyl groups excluding tert-OH is 4. The van der Waals surface area contributed by atoms with E-state index >= 15 is 0 Å². The zero-order valence-corrected chi connectivity index (χ0v) is 29.4. The van der Waals surface area contributed by atoms with Crippen LogP contribution >= 0.6 is 0 Å². The monoisotopic (exact) mass is 694 g/mol. The maximum Gasteiger partial charge on any atom is 0.303 e. The van der Waals surface area contributed by atoms with Crippen LogP contribution in [0, 0.1) is 0 Å². The van der Waals surface area contributed by atoms with Gasteiger partial charge in [-0.05, 0) is 71.2 Å². The van der Waals surface area contributed by atoms with Gasteiger partial charge in [-0.1, -0.05) is 25.7 Å². The number of rotatable bonds is 36. The van der Waals surface area contributed by atoms with Crippen molar-refractivity contribution in [3.05, 3.63) is 0 Å². The Morgan fingerprint density at radius 2 is 0.875 bits per heavy atom. The summed E-state index contributed by atoms with van der Waals surface area (Å²) >= 11 is 0. The first-order valence-corrected chi connectivity index (χ1v) is 18.6. The summed E-state index contributed by atoms with van der Waals surface area (Å²) in [6, 6.07) is 0. The molecule has 0 bridgehead atoms. The van der Waals surface area contributed by atoms with E-state index in [1.54, 1.807) is 0 Å². The van der Waals surface area contributed by atoms with E-state index in [2.05, 4.69) is 37.2 Å². The third-order valence-electron chi connectivity index (χ3n) is 8.23. The average Bonchev–Trinajstić information content (AvgIpc) is 3.08. The van der Waals surface area contributed by atoms with Crippen molar-refractivity contribution in [2.24, 2.45) is 0 Å². The molecular weight excluding hydrogens is 622 g/mol. The second kappa shape index (κ2) is 33.1. The fraction of sp³-hybridized carbons (Fsp3) is 0.970. The maximum atomic E-state index is 10.5. The van der Waals surface area contributed by atoms with Gasteiger partial charge in [-0.2, -0.15) is 0 Å². The number of aliphatic hydroxyl groups is 4. The van der Waals surface area contributed by atoms with Gasteiger partial charge in [0, 0.05) is 65.3 Å². The van der Waals surface area contributed by atoms with Crippen LogP contribution in [-0.4, -0.2) is 167 Å². The van der Waals surface area contributed by atoms with Crippen LogP contribution in [0.5, 0.6) is 0 Å². The molecule has 0 saturated carbocycles. The number of hydrogen-bond donors (Lipinski definition) is 12. The van der Waals surface area contributed by atoms with Gasteiger partial charge in [-0.15, -0.1) is 0 Å². The third-order valence-corrected chi connectivity index (χ3v) is 8.23. The molecule has 0 aromatic carbocycles. The minimum Gasteiger partial charge on any atom is -0.481 e. The number of carboxylic acids is 1. The molecule has 0 unspecified atom stereocenters. The molecule has 1 heterocycles. The molecule has 15 heteroatoms. The molecule has 0 aromatic heterocycles. The zero-order chi connectivity index (χ0) is 34.9. The first-order valence-electron chi connectivity index (χ1n) is 18.6. The Morgan fingerprint density at radius 3 is 1.29 bits per heavy atom. The predicted molar refractivity (Wildman–Crippen MR) is 188 cm³/mol. The Morgan fingerprint density at radius 1 is 0.500 bits per heavy atom. The predicted octanol–water partition coefficient (Wildman–Crippen LogP) is -1.69. The van der Waals surface area contributed by atoms with Crippen LogP contribution in [0.2, 0.25) is 0 Å². The number of hydrogen-bond acceptors (Lipinski definition) is 14. The highest BCUT2D eigenvalue weighted by atomic mass is 16.7. The zero-order valence-electron chi connectivity index (χ0n) is 29.4. The average molecular weight is 694 g/mol. The van der Waals surface area contributed by atoms with E-state index in [-0.39, 0.29) is 13.0 Å². The Labute approximate surface area is 289 Å². The molecule has 1 aliphatic heterocycles. The summed E-state index contributed by atoms with van der Waals surface area (Å²) in [7, 11) is 0. The Kier molecular flexibility index (Phi) is 31.0. The molecule has 0 aromatic rings. The number of ether oxygens (including phenoxy) is 2. The number of carbonyl (C=O) groups is 1. The van der Waals surface area contributed by atoms with Crippen molar-refractivity contribution in [3.63, 3.8) is 0 Å². The SMILES string of the molecule is O=C(O)CCCCCNCCNCCNCCCCCNCCNCCNCCCCCCNCCO[C@H]1O[C@H](CO)[C@@H](O)[C@H](O)[C@@H]1O. The molecule has 286 valence electrons. The second-order valence-electron chi connectivity index (χ2n) is 12.5. The highest BCUT2D eigenvalue weighted by Crippen LogP contribution is 2.21. The fourth-order valence-corrected chi connectivity index (χ4v) is 5.27. The van der Waals surface area contributed by atoms with E-state index in [0.29, 0.717) is 6.54 Å². The van der Waals surface area contributed by atoms with E-state index in [4.69, 9.17) is 14.6 Å². The molecule has 12 N–H and O–H groups in total. The summed E-state index contributed by atoms with van der Waals surface area (Å²) in [5.41, 5.74) is 0. The molecule has 0 aliphatic carbocycles. The van der Waals surface area contributed by atoms with E-state index < -0.39 is 43.3 Å². The van der Waals surface area contributed by atoms with Gasteiger partial charge < -0.3 is 72.2 Å². The van der Waals surface area contributed by atoms with Crippen molar-refractivity contribution in [1.82, 2.24) is 37.2 Å². The summed E-state index contributed by atoms with van der Waals surface area (Å²) in [5, 5.41) is 71.5. The van der Waals surface area contributed by atoms with Crippen molar-refractivity contribution in [2.45, 2.75) is 101 Å². The number of carboxylic acid groups (broad SMARTS) is 1. The molecule has 1 fully saturated rings. The number of unbranched alkanes of at least 4 members (excludes halogenated alkanes) is 7. The Balaban J connectivity index is 1.68. The van der Waals surface area contributed by atoms with Crippen LogP contribution in [0.15, 0.2) is 0 Å². The third kappa shape index (κ3) is 25.9. The van der Waals surface area contributed by atoms with Crippen LogP contribution in [0.25, 0.3) is 0 Å². The van der Waals surface area contributed by atoms with Crippen LogP contribution in [0.4, 0.5) is 0 Å². The van der Waals surface area contributed by atoms with Crippen LogP contribution < -0.4 is 37.2 Å². The molecule has 48 heavy (non-hydrogen) atoms. The number of nitrogens with one attached hydrogen (secondary N) is 7. The van der Waals surface area contributed by atoms with Gasteiger partial charge in [0.25, 0.3) is 0 Å². The summed E-state index contributed by atoms with van der Waals surface area (Å²) in [4.78, 5) is 10.5. The normalized spacial score (nSPS) is 21.2. The van der Waals surface area contributed by atoms with Crippen molar-refractivity contribution in [1.29, 1.82) is 0 Å². The van der Waals surface area contributed by atoms with Gasteiger partial charge in [-0.3, -0.25) is 4.79 Å². The van der Waals surface area contributed by atoms with Gasteiger partial charge >= 0.3 is 5.97 Å². The van der Waals surface area contributed by atoms with Gasteiger partial charge in [0.15, 0.2) is 6.29 Å². The molecule has 0 amide bonds. The lowest BCUT2D eigenvalue weighted by Crippen LogP contribution is -2.59. The summed E-state index contributed by atoms with van der Waals surface area (Å²) in [6.45, 7) is 13.2. The van der Waals surface area contributed by atoms with Gasteiger partial charge in [0.05, 0.1) is 13.2 Å². The smallest absolute Gasteiger partial charge is 0.303 e. The fourth-order valence-electron chi connectivity index (χ4n) is 5.27. The molecule has 0 spiro atoms. The summed E-state index contributed by atoms with van der Waals surface area (Å²) < 4.78 is 10.8. The highest BCUT2D eigenvalue weighted by molar-refractivity contribution is 5.66. The first kappa shape index (κ1) is 45.0. The van der Waals surface area contributed by atoms with Crippen LogP contribution in [0.3, 0.4) is 0 Å². The van der Waals surface area contributed by atoms with Crippen LogP contribution in [0.1, 0.15) is 70.6 Å². The van der Waals surface area contributed by atoms with Gasteiger partial charge in [-0.25, -0.2) is 0 Å². The Bertz CT molecular complexity index is 717. The van der Waals surface area contributed by atoms with Crippen LogP contribution in [-0.2, 0) is 14.3 Å². The molecule has 1 saturated heterocycles. The maximum absolute atomic E-state index is 10.5. The van der Waals surface area contributed by atoms with E-state index in [9.17, 15) is 25.2 Å². The van der Waals surface area contributed by atoms with E-state index in [0.717, 1.165) is 124 Å². The van der Waals surface area contributed by atoms with E-state index in [1.165, 1.54) is 25.7 Å². The van der Waals surface area contributed by atoms with Crippen molar-refractivity contribution >= 4 is 5.97 Å². The summed E-state index contributed by atoms with van der Waals surface area (Å²) in [5.74, 6) is -0.704. The minimum atomic E-state index is -1.41. The van der Waals surface area contributed by atoms with Crippen molar-refractivity contribution in [2.75, 3.05) is 105 Å². The largest absolute Gasteiger partial charge is 0.481 e. The second-order valence-corrected chi connectivity index (χ2v) is 12.5. The number of aliphatic carboxylic acids is 1. The molecule has 1 rings (SSSR count). The summed E-state index contributed by atoms with van der Waals surface area (Å²) in [6.07, 6.45) is 5.11. The lowest BCUT2D eigenvalue weighted by atomic mass is 9.99.